The first-order chi connectivity index (χ1) is 13.5. The van der Waals surface area contributed by atoms with E-state index < -0.39 is 11.6 Å². The van der Waals surface area contributed by atoms with Crippen LogP contribution in [0.1, 0.15) is 23.4 Å². The number of fused-ring (bicyclic) bond motifs is 1. The lowest BCUT2D eigenvalue weighted by Gasteiger charge is -2.32. The Kier molecular flexibility index (Phi) is 3.87. The average Bonchev–Trinajstić information content (AvgIpc) is 3.38. The van der Waals surface area contributed by atoms with Crippen molar-refractivity contribution in [1.29, 1.82) is 0 Å². The van der Waals surface area contributed by atoms with E-state index >= 15 is 0 Å². The number of hydrogen-bond donors (Lipinski definition) is 1. The van der Waals surface area contributed by atoms with Gasteiger partial charge in [0.15, 0.2) is 10.4 Å². The summed E-state index contributed by atoms with van der Waals surface area (Å²) < 4.78 is 11.5. The van der Waals surface area contributed by atoms with Crippen LogP contribution in [0.4, 0.5) is 4.79 Å². The number of carbonyl (C=O) groups is 2. The molecule has 3 heterocycles. The molecule has 1 fully saturated rings. The van der Waals surface area contributed by atoms with Crippen molar-refractivity contribution in [3.63, 3.8) is 0 Å². The summed E-state index contributed by atoms with van der Waals surface area (Å²) in [7, 11) is 0. The van der Waals surface area contributed by atoms with Crippen LogP contribution in [0, 0.1) is 0 Å². The van der Waals surface area contributed by atoms with Gasteiger partial charge in [-0.1, -0.05) is 24.3 Å². The molecule has 2 aliphatic rings. The Morgan fingerprint density at radius 2 is 1.93 bits per heavy atom. The fraction of sp³-hybridized carbons (Fsp3) is 0.263. The molecule has 1 atom stereocenters. The second-order valence-electron chi connectivity index (χ2n) is 6.95. The second kappa shape index (κ2) is 6.30. The molecule has 0 bridgehead atoms. The molecule has 0 radical (unpaired) electrons. The molecule has 8 nitrogen and oxygen atoms in total. The fourth-order valence-corrected chi connectivity index (χ4v) is 4.13. The molecule has 142 valence electrons. The first kappa shape index (κ1) is 17.2. The molecule has 2 aromatic heterocycles. The number of benzene rings is 1. The minimum Gasteiger partial charge on any atom is -0.444 e. The van der Waals surface area contributed by atoms with E-state index in [1.165, 1.54) is 5.56 Å². The summed E-state index contributed by atoms with van der Waals surface area (Å²) in [6, 6.07) is 11.0. The van der Waals surface area contributed by atoms with Crippen molar-refractivity contribution in [2.75, 3.05) is 0 Å². The molecule has 0 saturated carbocycles. The van der Waals surface area contributed by atoms with Crippen LogP contribution < -0.4 is 5.32 Å². The van der Waals surface area contributed by atoms with E-state index in [1.807, 2.05) is 18.2 Å². The Balaban J connectivity index is 1.37. The Labute approximate surface area is 168 Å². The van der Waals surface area contributed by atoms with E-state index in [-0.39, 0.29) is 24.2 Å². The summed E-state index contributed by atoms with van der Waals surface area (Å²) in [5.74, 6) is 0.504. The number of carbonyl (C=O) groups excluding carboxylic acids is 2. The minimum absolute atomic E-state index is 0.0804. The van der Waals surface area contributed by atoms with Gasteiger partial charge in [0, 0.05) is 6.42 Å². The van der Waals surface area contributed by atoms with Crippen molar-refractivity contribution in [1.82, 2.24) is 20.4 Å². The summed E-state index contributed by atoms with van der Waals surface area (Å²) in [6.07, 6.45) is 1.80. The molecule has 9 heteroatoms. The van der Waals surface area contributed by atoms with Gasteiger partial charge in [-0.15, -0.1) is 10.2 Å². The summed E-state index contributed by atoms with van der Waals surface area (Å²) in [6.45, 7) is -0.0804. The second-order valence-corrected chi connectivity index (χ2v) is 7.74. The van der Waals surface area contributed by atoms with Gasteiger partial charge in [-0.25, -0.2) is 4.79 Å². The Bertz CT molecular complexity index is 1090. The predicted molar refractivity (Wildman–Crippen MR) is 100.0 cm³/mol. The Morgan fingerprint density at radius 1 is 1.11 bits per heavy atom. The lowest BCUT2D eigenvalue weighted by Crippen LogP contribution is -2.51. The standard InChI is InChI=1S/C19H15BrN4O4/c20-14-6-5-13(27-14)16-23-22-15(28-16)10-24-17(25)19(21-18(24)26)8-7-11-3-1-2-4-12(11)9-19/h1-6H,7-10H2,(H,21,26). The summed E-state index contributed by atoms with van der Waals surface area (Å²) >= 11 is 3.21. The lowest BCUT2D eigenvalue weighted by atomic mass is 9.78. The number of amides is 3. The van der Waals surface area contributed by atoms with Crippen LogP contribution in [0.3, 0.4) is 0 Å². The maximum absolute atomic E-state index is 13.1. The Morgan fingerprint density at radius 3 is 2.71 bits per heavy atom. The van der Waals surface area contributed by atoms with Gasteiger partial charge in [0.05, 0.1) is 0 Å². The van der Waals surface area contributed by atoms with Gasteiger partial charge in [0.25, 0.3) is 11.8 Å². The number of imide groups is 1. The molecule has 28 heavy (non-hydrogen) atoms. The van der Waals surface area contributed by atoms with Gasteiger partial charge in [0.2, 0.25) is 5.89 Å². The van der Waals surface area contributed by atoms with Crippen molar-refractivity contribution in [2.45, 2.75) is 31.3 Å². The monoisotopic (exact) mass is 442 g/mol. The molecule has 1 unspecified atom stereocenters. The van der Waals surface area contributed by atoms with Crippen molar-refractivity contribution in [3.8, 4) is 11.7 Å². The van der Waals surface area contributed by atoms with E-state index in [4.69, 9.17) is 8.83 Å². The van der Waals surface area contributed by atoms with Crippen molar-refractivity contribution in [3.05, 3.63) is 58.1 Å². The predicted octanol–water partition coefficient (Wildman–Crippen LogP) is 3.07. The van der Waals surface area contributed by atoms with Crippen LogP contribution in [0.25, 0.3) is 11.7 Å². The number of halogens is 1. The lowest BCUT2D eigenvalue weighted by molar-refractivity contribution is -0.132. The number of rotatable bonds is 3. The molecule has 1 aliphatic carbocycles. The van der Waals surface area contributed by atoms with Crippen LogP contribution in [0.2, 0.25) is 0 Å². The van der Waals surface area contributed by atoms with Gasteiger partial charge in [0.1, 0.15) is 12.1 Å². The number of aromatic nitrogens is 2. The van der Waals surface area contributed by atoms with E-state index in [0.717, 1.165) is 16.9 Å². The highest BCUT2D eigenvalue weighted by Gasteiger charge is 2.52. The number of urea groups is 1. The maximum atomic E-state index is 13.1. The van der Waals surface area contributed by atoms with Crippen molar-refractivity contribution in [2.24, 2.45) is 0 Å². The highest BCUT2D eigenvalue weighted by atomic mass is 79.9. The van der Waals surface area contributed by atoms with E-state index in [2.05, 4.69) is 37.5 Å². The van der Waals surface area contributed by atoms with Crippen LogP contribution in [0.5, 0.6) is 0 Å². The minimum atomic E-state index is -0.903. The molecule has 1 aliphatic heterocycles. The van der Waals surface area contributed by atoms with E-state index in [9.17, 15) is 9.59 Å². The van der Waals surface area contributed by atoms with Gasteiger partial charge in [-0.05, 0) is 52.0 Å². The average molecular weight is 443 g/mol. The summed E-state index contributed by atoms with van der Waals surface area (Å²) in [5.41, 5.74) is 1.41. The largest absolute Gasteiger partial charge is 0.444 e. The van der Waals surface area contributed by atoms with Crippen molar-refractivity contribution >= 4 is 27.9 Å². The number of nitrogens with zero attached hydrogens (tertiary/aromatic N) is 3. The first-order valence-corrected chi connectivity index (χ1v) is 9.62. The van der Waals surface area contributed by atoms with Crippen LogP contribution >= 0.6 is 15.9 Å². The summed E-state index contributed by atoms with van der Waals surface area (Å²) in [4.78, 5) is 26.8. The molecular formula is C19H15BrN4O4. The topological polar surface area (TPSA) is 101 Å². The van der Waals surface area contributed by atoms with Crippen molar-refractivity contribution < 1.29 is 18.4 Å². The first-order valence-electron chi connectivity index (χ1n) is 8.83. The van der Waals surface area contributed by atoms with Gasteiger partial charge in [-0.3, -0.25) is 9.69 Å². The molecule has 5 rings (SSSR count). The maximum Gasteiger partial charge on any atom is 0.325 e. The van der Waals surface area contributed by atoms with Crippen LogP contribution in [-0.2, 0) is 24.2 Å². The van der Waals surface area contributed by atoms with Gasteiger partial charge in [-0.2, -0.15) is 0 Å². The molecule has 1 N–H and O–H groups in total. The molecule has 1 aromatic carbocycles. The normalized spacial score (nSPS) is 21.2. The SMILES string of the molecule is O=C1NC2(CCc3ccccc3C2)C(=O)N1Cc1nnc(-c2ccc(Br)o2)o1. The van der Waals surface area contributed by atoms with Gasteiger partial charge < -0.3 is 14.2 Å². The summed E-state index contributed by atoms with van der Waals surface area (Å²) in [5, 5.41) is 10.8. The number of furan rings is 1. The number of nitrogens with one attached hydrogen (secondary N) is 1. The Hall–Kier alpha value is -2.94. The number of aryl methyl sites for hydroxylation is 1. The zero-order chi connectivity index (χ0) is 19.3. The van der Waals surface area contributed by atoms with E-state index in [1.54, 1.807) is 12.1 Å². The third-order valence-electron chi connectivity index (χ3n) is 5.22. The third-order valence-corrected chi connectivity index (χ3v) is 5.65. The molecule has 1 spiro atoms. The van der Waals surface area contributed by atoms with E-state index in [0.29, 0.717) is 23.3 Å². The highest BCUT2D eigenvalue weighted by Crippen LogP contribution is 2.34. The fourth-order valence-electron chi connectivity index (χ4n) is 3.83. The number of hydrogen-bond acceptors (Lipinski definition) is 6. The highest BCUT2D eigenvalue weighted by molar-refractivity contribution is 9.10. The third kappa shape index (κ3) is 2.73. The molecule has 3 aromatic rings. The van der Waals surface area contributed by atoms with Crippen LogP contribution in [0.15, 0.2) is 49.9 Å². The van der Waals surface area contributed by atoms with Gasteiger partial charge >= 0.3 is 6.03 Å². The zero-order valence-corrected chi connectivity index (χ0v) is 16.2. The smallest absolute Gasteiger partial charge is 0.325 e. The zero-order valence-electron chi connectivity index (χ0n) is 14.6. The molecule has 3 amide bonds. The molecule has 1 saturated heterocycles. The molecular weight excluding hydrogens is 428 g/mol. The quantitative estimate of drug-likeness (QED) is 0.625. The van der Waals surface area contributed by atoms with Crippen LogP contribution in [-0.4, -0.2) is 32.6 Å².